The van der Waals surface area contributed by atoms with Crippen LogP contribution in [0.4, 0.5) is 10.5 Å². The molecule has 4 amide bonds. The Morgan fingerprint density at radius 2 is 1.71 bits per heavy atom. The lowest BCUT2D eigenvalue weighted by Crippen LogP contribution is -2.40. The Bertz CT molecular complexity index is 1000. The van der Waals surface area contributed by atoms with Crippen molar-refractivity contribution in [2.45, 2.75) is 38.8 Å². The lowest BCUT2D eigenvalue weighted by atomic mass is 10.0. The number of carbonyl (C=O) groups is 4. The first-order chi connectivity index (χ1) is 14.7. The third-order valence-electron chi connectivity index (χ3n) is 4.93. The minimum Gasteiger partial charge on any atom is -0.452 e. The van der Waals surface area contributed by atoms with Crippen molar-refractivity contribution in [3.8, 4) is 11.1 Å². The summed E-state index contributed by atoms with van der Waals surface area (Å²) in [7, 11) is 0. The molecular formula is C23H25N3O5. The average molecular weight is 423 g/mol. The number of anilines is 1. The summed E-state index contributed by atoms with van der Waals surface area (Å²) in [4.78, 5) is 49.7. The van der Waals surface area contributed by atoms with Gasteiger partial charge in [0.25, 0.3) is 11.8 Å². The smallest absolute Gasteiger partial charge is 0.325 e. The molecule has 1 saturated heterocycles. The van der Waals surface area contributed by atoms with Crippen LogP contribution in [0, 0.1) is 0 Å². The fourth-order valence-electron chi connectivity index (χ4n) is 3.23. The fraction of sp³-hybridized carbons (Fsp3) is 0.304. The summed E-state index contributed by atoms with van der Waals surface area (Å²) in [5.41, 5.74) is 1.39. The zero-order chi connectivity index (χ0) is 22.6. The van der Waals surface area contributed by atoms with Crippen LogP contribution in [0.1, 0.15) is 27.2 Å². The van der Waals surface area contributed by atoms with Gasteiger partial charge in [0, 0.05) is 17.8 Å². The maximum atomic E-state index is 12.6. The zero-order valence-corrected chi connectivity index (χ0v) is 17.7. The van der Waals surface area contributed by atoms with Crippen LogP contribution < -0.4 is 10.6 Å². The molecule has 2 aromatic rings. The number of esters is 1. The van der Waals surface area contributed by atoms with E-state index in [1.54, 1.807) is 26.0 Å². The molecule has 0 bridgehead atoms. The SMILES string of the molecule is C[C@@H](OC(=O)CCN1C(=O)NC(C)(C)C1=O)C(=O)Nc1ccccc1-c1ccccc1. The Labute approximate surface area is 180 Å². The largest absolute Gasteiger partial charge is 0.452 e. The van der Waals surface area contributed by atoms with E-state index in [-0.39, 0.29) is 13.0 Å². The molecule has 0 unspecified atom stereocenters. The highest BCUT2D eigenvalue weighted by molar-refractivity contribution is 6.06. The Hall–Kier alpha value is -3.68. The highest BCUT2D eigenvalue weighted by Crippen LogP contribution is 2.27. The predicted molar refractivity (Wildman–Crippen MR) is 115 cm³/mol. The molecular weight excluding hydrogens is 398 g/mol. The quantitative estimate of drug-likeness (QED) is 0.526. The summed E-state index contributed by atoms with van der Waals surface area (Å²) in [5, 5.41) is 5.33. The molecule has 1 aliphatic rings. The summed E-state index contributed by atoms with van der Waals surface area (Å²) < 4.78 is 5.19. The molecule has 162 valence electrons. The van der Waals surface area contributed by atoms with Gasteiger partial charge in [0.1, 0.15) is 5.54 Å². The first-order valence-corrected chi connectivity index (χ1v) is 9.98. The zero-order valence-electron chi connectivity index (χ0n) is 17.7. The molecule has 8 nitrogen and oxygen atoms in total. The average Bonchev–Trinajstić information content (AvgIpc) is 2.93. The number of amides is 4. The Balaban J connectivity index is 1.56. The summed E-state index contributed by atoms with van der Waals surface area (Å²) in [6, 6.07) is 16.4. The van der Waals surface area contributed by atoms with Crippen LogP contribution in [0.3, 0.4) is 0 Å². The van der Waals surface area contributed by atoms with E-state index in [1.807, 2.05) is 42.5 Å². The lowest BCUT2D eigenvalue weighted by Gasteiger charge is -2.17. The van der Waals surface area contributed by atoms with E-state index < -0.39 is 35.5 Å². The molecule has 0 radical (unpaired) electrons. The van der Waals surface area contributed by atoms with Crippen molar-refractivity contribution in [2.75, 3.05) is 11.9 Å². The molecule has 8 heteroatoms. The highest BCUT2D eigenvalue weighted by Gasteiger charge is 2.44. The second-order valence-corrected chi connectivity index (χ2v) is 7.79. The number of imide groups is 1. The first-order valence-electron chi connectivity index (χ1n) is 9.98. The third kappa shape index (κ3) is 5.09. The molecule has 2 aromatic carbocycles. The summed E-state index contributed by atoms with van der Waals surface area (Å²) in [6.07, 6.45) is -1.25. The van der Waals surface area contributed by atoms with Crippen LogP contribution in [0.2, 0.25) is 0 Å². The standard InChI is InChI=1S/C23H25N3O5/c1-15(31-19(27)13-14-26-21(29)23(2,3)25-22(26)30)20(28)24-18-12-8-7-11-17(18)16-9-5-4-6-10-16/h4-12,15H,13-14H2,1-3H3,(H,24,28)(H,25,30)/t15-/m1/s1. The number of hydrogen-bond donors (Lipinski definition) is 2. The van der Waals surface area contributed by atoms with Gasteiger partial charge >= 0.3 is 12.0 Å². The maximum Gasteiger partial charge on any atom is 0.325 e. The minimum absolute atomic E-state index is 0.113. The molecule has 1 fully saturated rings. The summed E-state index contributed by atoms with van der Waals surface area (Å²) in [5.74, 6) is -1.56. The fourth-order valence-corrected chi connectivity index (χ4v) is 3.23. The second kappa shape index (κ2) is 8.99. The van der Waals surface area contributed by atoms with E-state index in [0.717, 1.165) is 16.0 Å². The number of nitrogens with zero attached hydrogens (tertiary/aromatic N) is 1. The number of hydrogen-bond acceptors (Lipinski definition) is 5. The number of para-hydroxylation sites is 1. The van der Waals surface area contributed by atoms with Crippen molar-refractivity contribution >= 4 is 29.5 Å². The third-order valence-corrected chi connectivity index (χ3v) is 4.93. The molecule has 0 spiro atoms. The monoisotopic (exact) mass is 423 g/mol. The molecule has 2 N–H and O–H groups in total. The molecule has 31 heavy (non-hydrogen) atoms. The molecule has 3 rings (SSSR count). The van der Waals surface area contributed by atoms with Gasteiger partial charge < -0.3 is 15.4 Å². The van der Waals surface area contributed by atoms with Gasteiger partial charge in [-0.25, -0.2) is 4.79 Å². The number of benzene rings is 2. The predicted octanol–water partition coefficient (Wildman–Crippen LogP) is 2.94. The Kier molecular flexibility index (Phi) is 6.39. The summed E-state index contributed by atoms with van der Waals surface area (Å²) in [6.45, 7) is 4.53. The highest BCUT2D eigenvalue weighted by atomic mass is 16.5. The topological polar surface area (TPSA) is 105 Å². The van der Waals surface area contributed by atoms with Crippen molar-refractivity contribution in [1.29, 1.82) is 0 Å². The van der Waals surface area contributed by atoms with Crippen molar-refractivity contribution in [3.63, 3.8) is 0 Å². The second-order valence-electron chi connectivity index (χ2n) is 7.79. The minimum atomic E-state index is -1.05. The number of ether oxygens (including phenoxy) is 1. The van der Waals surface area contributed by atoms with Gasteiger partial charge in [0.2, 0.25) is 0 Å². The van der Waals surface area contributed by atoms with Gasteiger partial charge in [-0.2, -0.15) is 0 Å². The molecule has 0 aromatic heterocycles. The molecule has 0 saturated carbocycles. The van der Waals surface area contributed by atoms with Gasteiger partial charge in [-0.3, -0.25) is 19.3 Å². The van der Waals surface area contributed by atoms with E-state index in [4.69, 9.17) is 4.74 Å². The van der Waals surface area contributed by atoms with Crippen LogP contribution >= 0.6 is 0 Å². The van der Waals surface area contributed by atoms with Crippen molar-refractivity contribution in [3.05, 3.63) is 54.6 Å². The van der Waals surface area contributed by atoms with Gasteiger partial charge in [0.05, 0.1) is 6.42 Å². The number of rotatable bonds is 7. The first kappa shape index (κ1) is 22.0. The Morgan fingerprint density at radius 1 is 1.06 bits per heavy atom. The molecule has 1 aliphatic heterocycles. The van der Waals surface area contributed by atoms with E-state index in [0.29, 0.717) is 5.69 Å². The number of urea groups is 1. The number of nitrogens with one attached hydrogen (secondary N) is 2. The van der Waals surface area contributed by atoms with Crippen LogP contribution in [0.25, 0.3) is 11.1 Å². The lowest BCUT2D eigenvalue weighted by molar-refractivity contribution is -0.153. The van der Waals surface area contributed by atoms with Crippen molar-refractivity contribution in [1.82, 2.24) is 10.2 Å². The van der Waals surface area contributed by atoms with Crippen LogP contribution in [-0.4, -0.2) is 46.9 Å². The maximum absolute atomic E-state index is 12.6. The van der Waals surface area contributed by atoms with E-state index in [1.165, 1.54) is 6.92 Å². The normalized spacial score (nSPS) is 15.9. The van der Waals surface area contributed by atoms with E-state index >= 15 is 0 Å². The number of carbonyl (C=O) groups excluding carboxylic acids is 4. The van der Waals surface area contributed by atoms with Crippen LogP contribution in [0.15, 0.2) is 54.6 Å². The van der Waals surface area contributed by atoms with E-state index in [9.17, 15) is 19.2 Å². The van der Waals surface area contributed by atoms with E-state index in [2.05, 4.69) is 10.6 Å². The van der Waals surface area contributed by atoms with Gasteiger partial charge in [-0.15, -0.1) is 0 Å². The van der Waals surface area contributed by atoms with Crippen LogP contribution in [-0.2, 0) is 19.1 Å². The molecule has 1 atom stereocenters. The summed E-state index contributed by atoms with van der Waals surface area (Å²) >= 11 is 0. The van der Waals surface area contributed by atoms with Gasteiger partial charge in [-0.1, -0.05) is 48.5 Å². The van der Waals surface area contributed by atoms with Gasteiger partial charge in [-0.05, 0) is 32.4 Å². The van der Waals surface area contributed by atoms with Crippen molar-refractivity contribution < 1.29 is 23.9 Å². The van der Waals surface area contributed by atoms with Crippen LogP contribution in [0.5, 0.6) is 0 Å². The molecule has 1 heterocycles. The Morgan fingerprint density at radius 3 is 2.35 bits per heavy atom. The van der Waals surface area contributed by atoms with Crippen molar-refractivity contribution in [2.24, 2.45) is 0 Å². The van der Waals surface area contributed by atoms with Gasteiger partial charge in [0.15, 0.2) is 6.10 Å². The molecule has 0 aliphatic carbocycles.